The molecular weight excluding hydrogens is 329 g/mol. The topological polar surface area (TPSA) is 78.8 Å². The molecule has 0 aliphatic carbocycles. The first kappa shape index (κ1) is 16.0. The molecule has 120 valence electrons. The highest BCUT2D eigenvalue weighted by Crippen LogP contribution is 2.31. The second-order valence-electron chi connectivity index (χ2n) is 4.92. The average Bonchev–Trinajstić information content (AvgIpc) is 2.60. The molecule has 0 aliphatic heterocycles. The Morgan fingerprint density at radius 2 is 2.21 bits per heavy atom. The number of halogens is 1. The number of fused-ring (bicyclic) bond motifs is 1. The molecule has 0 saturated carbocycles. The summed E-state index contributed by atoms with van der Waals surface area (Å²) in [6, 6.07) is 9.53. The van der Waals surface area contributed by atoms with Crippen LogP contribution in [0.2, 0.25) is 0 Å². The van der Waals surface area contributed by atoms with Gasteiger partial charge in [-0.1, -0.05) is 6.07 Å². The van der Waals surface area contributed by atoms with Crippen molar-refractivity contribution in [3.8, 4) is 11.9 Å². The van der Waals surface area contributed by atoms with Crippen LogP contribution in [0.4, 0.5) is 4.39 Å². The molecule has 5 nitrogen and oxygen atoms in total. The van der Waals surface area contributed by atoms with Gasteiger partial charge in [0.2, 0.25) is 5.88 Å². The summed E-state index contributed by atoms with van der Waals surface area (Å²) >= 11 is 1.32. The van der Waals surface area contributed by atoms with Crippen LogP contribution in [0, 0.1) is 17.1 Å². The van der Waals surface area contributed by atoms with Crippen LogP contribution in [0.25, 0.3) is 10.8 Å². The molecule has 7 heteroatoms. The summed E-state index contributed by atoms with van der Waals surface area (Å²) in [7, 11) is 1.53. The minimum Gasteiger partial charge on any atom is -0.481 e. The Bertz CT molecular complexity index is 1010. The Labute approximate surface area is 141 Å². The quantitative estimate of drug-likeness (QED) is 0.737. The maximum absolute atomic E-state index is 13.6. The van der Waals surface area contributed by atoms with Crippen LogP contribution in [0.5, 0.6) is 5.88 Å². The lowest BCUT2D eigenvalue weighted by Crippen LogP contribution is -2.12. The second-order valence-corrected chi connectivity index (χ2v) is 5.91. The van der Waals surface area contributed by atoms with Gasteiger partial charge >= 0.3 is 0 Å². The maximum atomic E-state index is 13.6. The van der Waals surface area contributed by atoms with Crippen molar-refractivity contribution in [2.45, 2.75) is 10.8 Å². The minimum absolute atomic E-state index is 0.0201. The van der Waals surface area contributed by atoms with E-state index in [2.05, 4.69) is 9.97 Å². The standard InChI is InChI=1S/C17H12FN3O2S/c1-23-16-10(3-2-6-20-16)9-24-17-13-7-11(18)4-5-12(13)14(8-19)15(22)21-17/h2-7H,9H2,1H3,(H,21,22). The number of rotatable bonds is 4. The van der Waals surface area contributed by atoms with Crippen LogP contribution in [-0.4, -0.2) is 17.1 Å². The number of aromatic amines is 1. The molecule has 1 aromatic carbocycles. The molecule has 0 spiro atoms. The van der Waals surface area contributed by atoms with E-state index in [0.29, 0.717) is 27.4 Å². The first-order chi connectivity index (χ1) is 11.6. The van der Waals surface area contributed by atoms with Crippen molar-refractivity contribution in [3.05, 3.63) is 63.8 Å². The lowest BCUT2D eigenvalue weighted by molar-refractivity contribution is 0.394. The predicted molar refractivity (Wildman–Crippen MR) is 89.6 cm³/mol. The van der Waals surface area contributed by atoms with Crippen molar-refractivity contribution < 1.29 is 9.13 Å². The lowest BCUT2D eigenvalue weighted by atomic mass is 10.1. The molecule has 24 heavy (non-hydrogen) atoms. The fraction of sp³-hybridized carbons (Fsp3) is 0.118. The van der Waals surface area contributed by atoms with Crippen molar-refractivity contribution in [3.63, 3.8) is 0 Å². The molecular formula is C17H12FN3O2S. The summed E-state index contributed by atoms with van der Waals surface area (Å²) in [5.41, 5.74) is 0.338. The predicted octanol–water partition coefficient (Wildman–Crippen LogP) is 3.23. The van der Waals surface area contributed by atoms with Gasteiger partial charge in [-0.15, -0.1) is 11.8 Å². The van der Waals surface area contributed by atoms with Crippen LogP contribution in [0.15, 0.2) is 46.3 Å². The van der Waals surface area contributed by atoms with Crippen molar-refractivity contribution in [2.75, 3.05) is 7.11 Å². The number of ether oxygens (including phenoxy) is 1. The van der Waals surface area contributed by atoms with E-state index >= 15 is 0 Å². The number of hydrogen-bond acceptors (Lipinski definition) is 5. The number of nitrogens with zero attached hydrogens (tertiary/aromatic N) is 2. The van der Waals surface area contributed by atoms with Gasteiger partial charge in [-0.3, -0.25) is 4.79 Å². The number of thioether (sulfide) groups is 1. The highest BCUT2D eigenvalue weighted by Gasteiger charge is 2.13. The molecule has 0 radical (unpaired) electrons. The van der Waals surface area contributed by atoms with Gasteiger partial charge in [0.25, 0.3) is 5.56 Å². The smallest absolute Gasteiger partial charge is 0.267 e. The zero-order chi connectivity index (χ0) is 17.1. The van der Waals surface area contributed by atoms with E-state index in [1.54, 1.807) is 12.3 Å². The third kappa shape index (κ3) is 2.96. The third-order valence-corrected chi connectivity index (χ3v) is 4.54. The zero-order valence-corrected chi connectivity index (χ0v) is 13.5. The largest absolute Gasteiger partial charge is 0.481 e. The molecule has 0 fully saturated rings. The highest BCUT2D eigenvalue weighted by molar-refractivity contribution is 7.98. The molecule has 0 unspecified atom stereocenters. The molecule has 0 bridgehead atoms. The minimum atomic E-state index is -0.489. The summed E-state index contributed by atoms with van der Waals surface area (Å²) < 4.78 is 18.8. The van der Waals surface area contributed by atoms with E-state index in [9.17, 15) is 9.18 Å². The molecule has 0 aliphatic rings. The summed E-state index contributed by atoms with van der Waals surface area (Å²) in [6.07, 6.45) is 1.63. The summed E-state index contributed by atoms with van der Waals surface area (Å²) in [4.78, 5) is 18.9. The van der Waals surface area contributed by atoms with Crippen molar-refractivity contribution in [1.82, 2.24) is 9.97 Å². The molecule has 0 amide bonds. The van der Waals surface area contributed by atoms with E-state index < -0.39 is 11.4 Å². The van der Waals surface area contributed by atoms with E-state index in [1.807, 2.05) is 12.1 Å². The Kier molecular flexibility index (Phi) is 4.49. The second kappa shape index (κ2) is 6.72. The van der Waals surface area contributed by atoms with E-state index in [0.717, 1.165) is 5.56 Å². The SMILES string of the molecule is COc1ncccc1CSc1[nH]c(=O)c(C#N)c2ccc(F)cc12. The average molecular weight is 341 g/mol. The molecule has 2 heterocycles. The third-order valence-electron chi connectivity index (χ3n) is 3.48. The van der Waals surface area contributed by atoms with Gasteiger partial charge in [-0.2, -0.15) is 5.26 Å². The van der Waals surface area contributed by atoms with Gasteiger partial charge in [0.1, 0.15) is 17.4 Å². The van der Waals surface area contributed by atoms with Crippen LogP contribution in [0.1, 0.15) is 11.1 Å². The number of nitrogens with one attached hydrogen (secondary N) is 1. The number of nitriles is 1. The van der Waals surface area contributed by atoms with Crippen molar-refractivity contribution in [1.29, 1.82) is 5.26 Å². The number of methoxy groups -OCH3 is 1. The van der Waals surface area contributed by atoms with Crippen LogP contribution in [-0.2, 0) is 5.75 Å². The lowest BCUT2D eigenvalue weighted by Gasteiger charge is -2.09. The van der Waals surface area contributed by atoms with Crippen LogP contribution in [0.3, 0.4) is 0 Å². The number of aromatic nitrogens is 2. The Morgan fingerprint density at radius 1 is 1.38 bits per heavy atom. The number of benzene rings is 1. The molecule has 3 rings (SSSR count). The Balaban J connectivity index is 2.05. The Morgan fingerprint density at radius 3 is 2.96 bits per heavy atom. The summed E-state index contributed by atoms with van der Waals surface area (Å²) in [6.45, 7) is 0. The molecule has 2 aromatic heterocycles. The highest BCUT2D eigenvalue weighted by atomic mass is 32.2. The fourth-order valence-corrected chi connectivity index (χ4v) is 3.38. The maximum Gasteiger partial charge on any atom is 0.267 e. The zero-order valence-electron chi connectivity index (χ0n) is 12.7. The van der Waals surface area contributed by atoms with Gasteiger partial charge < -0.3 is 9.72 Å². The van der Waals surface area contributed by atoms with Gasteiger partial charge in [0, 0.05) is 28.3 Å². The monoisotopic (exact) mass is 341 g/mol. The number of pyridine rings is 2. The molecule has 3 aromatic rings. The summed E-state index contributed by atoms with van der Waals surface area (Å²) in [5.74, 6) is 0.542. The normalized spacial score (nSPS) is 10.5. The molecule has 1 N–H and O–H groups in total. The van der Waals surface area contributed by atoms with E-state index in [-0.39, 0.29) is 5.56 Å². The molecule has 0 atom stereocenters. The van der Waals surface area contributed by atoms with Crippen LogP contribution >= 0.6 is 11.8 Å². The summed E-state index contributed by atoms with van der Waals surface area (Å²) in [5, 5.41) is 10.6. The van der Waals surface area contributed by atoms with Crippen LogP contribution < -0.4 is 10.3 Å². The first-order valence-electron chi connectivity index (χ1n) is 7.00. The van der Waals surface area contributed by atoms with Gasteiger partial charge in [-0.05, 0) is 24.3 Å². The van der Waals surface area contributed by atoms with Gasteiger partial charge in [-0.25, -0.2) is 9.37 Å². The van der Waals surface area contributed by atoms with Crippen molar-refractivity contribution >= 4 is 22.5 Å². The van der Waals surface area contributed by atoms with E-state index in [4.69, 9.17) is 10.00 Å². The number of hydrogen-bond donors (Lipinski definition) is 1. The molecule has 0 saturated heterocycles. The van der Waals surface area contributed by atoms with E-state index in [1.165, 1.54) is 37.1 Å². The number of H-pyrrole nitrogens is 1. The van der Waals surface area contributed by atoms with Gasteiger partial charge in [0.15, 0.2) is 0 Å². The first-order valence-corrected chi connectivity index (χ1v) is 7.99. The van der Waals surface area contributed by atoms with Crippen molar-refractivity contribution in [2.24, 2.45) is 0 Å². The van der Waals surface area contributed by atoms with Gasteiger partial charge in [0.05, 0.1) is 12.1 Å². The fourth-order valence-electron chi connectivity index (χ4n) is 2.37. The Hall–Kier alpha value is -2.85.